The predicted molar refractivity (Wildman–Crippen MR) is 75.8 cm³/mol. The SMILES string of the molecule is Cc1ccc(NS(=O)(=O)c2ccc(C)s2)c(C)c1. The molecule has 1 aromatic carbocycles. The van der Waals surface area contributed by atoms with Gasteiger partial charge in [-0.15, -0.1) is 11.3 Å². The van der Waals surface area contributed by atoms with Crippen LogP contribution >= 0.6 is 11.3 Å². The summed E-state index contributed by atoms with van der Waals surface area (Å²) < 4.78 is 27.3. The Labute approximate surface area is 112 Å². The van der Waals surface area contributed by atoms with E-state index in [9.17, 15) is 8.42 Å². The standard InChI is InChI=1S/C13H15NO2S2/c1-9-4-6-12(10(2)8-9)14-18(15,16)13-7-5-11(3)17-13/h4-8,14H,1-3H3. The van der Waals surface area contributed by atoms with Gasteiger partial charge in [0, 0.05) is 4.88 Å². The fourth-order valence-electron chi connectivity index (χ4n) is 1.68. The van der Waals surface area contributed by atoms with Crippen LogP contribution < -0.4 is 4.72 Å². The summed E-state index contributed by atoms with van der Waals surface area (Å²) in [6, 6.07) is 9.08. The fourth-order valence-corrected chi connectivity index (χ4v) is 4.09. The molecule has 2 rings (SSSR count). The lowest BCUT2D eigenvalue weighted by molar-refractivity contribution is 0.603. The highest BCUT2D eigenvalue weighted by Crippen LogP contribution is 2.25. The zero-order chi connectivity index (χ0) is 13.3. The Bertz CT molecular complexity index is 672. The first kappa shape index (κ1) is 13.1. The lowest BCUT2D eigenvalue weighted by atomic mass is 10.1. The molecule has 0 radical (unpaired) electrons. The molecule has 3 nitrogen and oxygen atoms in total. The summed E-state index contributed by atoms with van der Waals surface area (Å²) in [5.74, 6) is 0. The van der Waals surface area contributed by atoms with Crippen molar-refractivity contribution < 1.29 is 8.42 Å². The molecule has 0 saturated carbocycles. The van der Waals surface area contributed by atoms with Crippen LogP contribution in [-0.2, 0) is 10.0 Å². The molecule has 1 heterocycles. The highest BCUT2D eigenvalue weighted by atomic mass is 32.2. The molecule has 0 saturated heterocycles. The summed E-state index contributed by atoms with van der Waals surface area (Å²) in [5, 5.41) is 0. The van der Waals surface area contributed by atoms with E-state index >= 15 is 0 Å². The molecule has 18 heavy (non-hydrogen) atoms. The summed E-state index contributed by atoms with van der Waals surface area (Å²) in [6.45, 7) is 5.76. The number of sulfonamides is 1. The third-order valence-electron chi connectivity index (χ3n) is 2.61. The van der Waals surface area contributed by atoms with E-state index in [1.54, 1.807) is 18.2 Å². The monoisotopic (exact) mass is 281 g/mol. The summed E-state index contributed by atoms with van der Waals surface area (Å²) in [7, 11) is -3.46. The first-order valence-electron chi connectivity index (χ1n) is 5.55. The second kappa shape index (κ2) is 4.74. The van der Waals surface area contributed by atoms with Gasteiger partial charge in [-0.05, 0) is 44.5 Å². The van der Waals surface area contributed by atoms with E-state index in [0.29, 0.717) is 9.90 Å². The normalized spacial score (nSPS) is 11.5. The van der Waals surface area contributed by atoms with Crippen LogP contribution in [0.3, 0.4) is 0 Å². The molecular formula is C13H15NO2S2. The number of benzene rings is 1. The van der Waals surface area contributed by atoms with E-state index in [-0.39, 0.29) is 0 Å². The minimum absolute atomic E-state index is 0.347. The van der Waals surface area contributed by atoms with Crippen LogP contribution in [-0.4, -0.2) is 8.42 Å². The quantitative estimate of drug-likeness (QED) is 0.936. The number of nitrogens with one attached hydrogen (secondary N) is 1. The second-order valence-corrected chi connectivity index (χ2v) is 7.49. The number of thiophene rings is 1. The predicted octanol–water partition coefficient (Wildman–Crippen LogP) is 3.47. The van der Waals surface area contributed by atoms with Gasteiger partial charge in [-0.25, -0.2) is 8.42 Å². The Morgan fingerprint density at radius 1 is 1.06 bits per heavy atom. The maximum absolute atomic E-state index is 12.2. The lowest BCUT2D eigenvalue weighted by Gasteiger charge is -2.09. The Morgan fingerprint density at radius 3 is 2.33 bits per heavy atom. The molecule has 0 aliphatic rings. The zero-order valence-corrected chi connectivity index (χ0v) is 12.2. The molecule has 0 spiro atoms. The van der Waals surface area contributed by atoms with Crippen molar-refractivity contribution >= 4 is 27.0 Å². The topological polar surface area (TPSA) is 46.2 Å². The van der Waals surface area contributed by atoms with Crippen molar-refractivity contribution in [2.24, 2.45) is 0 Å². The van der Waals surface area contributed by atoms with Gasteiger partial charge in [0.1, 0.15) is 4.21 Å². The van der Waals surface area contributed by atoms with E-state index < -0.39 is 10.0 Å². The molecule has 5 heteroatoms. The molecule has 0 aliphatic carbocycles. The molecule has 2 aromatic rings. The number of rotatable bonds is 3. The molecule has 0 aliphatic heterocycles. The maximum Gasteiger partial charge on any atom is 0.271 e. The largest absolute Gasteiger partial charge is 0.279 e. The van der Waals surface area contributed by atoms with Gasteiger partial charge >= 0.3 is 0 Å². The van der Waals surface area contributed by atoms with Gasteiger partial charge in [0.25, 0.3) is 10.0 Å². The summed E-state index contributed by atoms with van der Waals surface area (Å²) in [5.41, 5.74) is 2.67. The highest BCUT2D eigenvalue weighted by Gasteiger charge is 2.16. The minimum atomic E-state index is -3.46. The van der Waals surface area contributed by atoms with Gasteiger partial charge in [0.15, 0.2) is 0 Å². The highest BCUT2D eigenvalue weighted by molar-refractivity contribution is 7.94. The van der Waals surface area contributed by atoms with E-state index in [0.717, 1.165) is 16.0 Å². The van der Waals surface area contributed by atoms with Gasteiger partial charge in [-0.3, -0.25) is 4.72 Å². The number of hydrogen-bond donors (Lipinski definition) is 1. The first-order valence-corrected chi connectivity index (χ1v) is 7.85. The molecule has 0 bridgehead atoms. The molecule has 0 fully saturated rings. The van der Waals surface area contributed by atoms with Gasteiger partial charge in [-0.1, -0.05) is 17.7 Å². The summed E-state index contributed by atoms with van der Waals surface area (Å²) in [6.07, 6.45) is 0. The van der Waals surface area contributed by atoms with Crippen LogP contribution in [0, 0.1) is 20.8 Å². The van der Waals surface area contributed by atoms with Gasteiger partial charge in [0.05, 0.1) is 5.69 Å². The molecular weight excluding hydrogens is 266 g/mol. The van der Waals surface area contributed by atoms with Crippen LogP contribution in [0.25, 0.3) is 0 Å². The van der Waals surface area contributed by atoms with Crippen molar-refractivity contribution in [3.8, 4) is 0 Å². The van der Waals surface area contributed by atoms with Crippen LogP contribution in [0.5, 0.6) is 0 Å². The molecule has 1 N–H and O–H groups in total. The van der Waals surface area contributed by atoms with Crippen molar-refractivity contribution in [1.29, 1.82) is 0 Å². The van der Waals surface area contributed by atoms with Crippen molar-refractivity contribution in [2.45, 2.75) is 25.0 Å². The van der Waals surface area contributed by atoms with Crippen molar-refractivity contribution in [1.82, 2.24) is 0 Å². The first-order chi connectivity index (χ1) is 8.38. The zero-order valence-electron chi connectivity index (χ0n) is 10.5. The minimum Gasteiger partial charge on any atom is -0.279 e. The Balaban J connectivity index is 2.33. The van der Waals surface area contributed by atoms with Gasteiger partial charge < -0.3 is 0 Å². The summed E-state index contributed by atoms with van der Waals surface area (Å²) >= 11 is 1.27. The second-order valence-electron chi connectivity index (χ2n) is 4.29. The van der Waals surface area contributed by atoms with E-state index in [1.807, 2.05) is 32.9 Å². The van der Waals surface area contributed by atoms with Crippen molar-refractivity contribution in [3.63, 3.8) is 0 Å². The smallest absolute Gasteiger partial charge is 0.271 e. The Kier molecular flexibility index (Phi) is 3.45. The van der Waals surface area contributed by atoms with E-state index in [1.165, 1.54) is 11.3 Å². The average Bonchev–Trinajstić information content (AvgIpc) is 2.70. The molecule has 0 amide bonds. The molecule has 1 aromatic heterocycles. The van der Waals surface area contributed by atoms with E-state index in [2.05, 4.69) is 4.72 Å². The van der Waals surface area contributed by atoms with Crippen LogP contribution in [0.15, 0.2) is 34.5 Å². The van der Waals surface area contributed by atoms with Crippen LogP contribution in [0.4, 0.5) is 5.69 Å². The molecule has 0 unspecified atom stereocenters. The Morgan fingerprint density at radius 2 is 1.78 bits per heavy atom. The fraction of sp³-hybridized carbons (Fsp3) is 0.231. The summed E-state index contributed by atoms with van der Waals surface area (Å²) in [4.78, 5) is 0.982. The molecule has 0 atom stereocenters. The van der Waals surface area contributed by atoms with Gasteiger partial charge in [0.2, 0.25) is 0 Å². The van der Waals surface area contributed by atoms with Gasteiger partial charge in [-0.2, -0.15) is 0 Å². The van der Waals surface area contributed by atoms with Crippen LogP contribution in [0.1, 0.15) is 16.0 Å². The third-order valence-corrected chi connectivity index (χ3v) is 5.46. The number of hydrogen-bond acceptors (Lipinski definition) is 3. The number of aryl methyl sites for hydroxylation is 3. The lowest BCUT2D eigenvalue weighted by Crippen LogP contribution is -2.12. The molecule has 96 valence electrons. The number of anilines is 1. The van der Waals surface area contributed by atoms with Crippen molar-refractivity contribution in [3.05, 3.63) is 46.3 Å². The Hall–Kier alpha value is -1.33. The van der Waals surface area contributed by atoms with Crippen LogP contribution in [0.2, 0.25) is 0 Å². The van der Waals surface area contributed by atoms with Crippen molar-refractivity contribution in [2.75, 3.05) is 4.72 Å². The third kappa shape index (κ3) is 2.73. The average molecular weight is 281 g/mol. The maximum atomic E-state index is 12.2. The van der Waals surface area contributed by atoms with E-state index in [4.69, 9.17) is 0 Å².